The van der Waals surface area contributed by atoms with Crippen LogP contribution in [0.15, 0.2) is 47.9 Å². The maximum Gasteiger partial charge on any atom is 0.314 e. The number of benzene rings is 1. The highest BCUT2D eigenvalue weighted by atomic mass is 16.6. The number of urea groups is 1. The third kappa shape index (κ3) is 4.34. The van der Waals surface area contributed by atoms with Gasteiger partial charge in [-0.05, 0) is 18.6 Å². The molecule has 1 atom stereocenters. The molecule has 1 aliphatic rings. The lowest BCUT2D eigenvalue weighted by atomic mass is 10.0. The number of oxime groups is 1. The van der Waals surface area contributed by atoms with E-state index in [-0.39, 0.29) is 12.1 Å². The molecule has 3 rings (SSSR count). The van der Waals surface area contributed by atoms with Crippen LogP contribution in [0.2, 0.25) is 0 Å². The van der Waals surface area contributed by atoms with Crippen LogP contribution in [0.4, 0.5) is 4.79 Å². The number of carbonyl (C=O) groups is 1. The van der Waals surface area contributed by atoms with E-state index in [1.807, 2.05) is 24.4 Å². The van der Waals surface area contributed by atoms with Gasteiger partial charge >= 0.3 is 6.03 Å². The summed E-state index contributed by atoms with van der Waals surface area (Å²) in [4.78, 5) is 17.2. The van der Waals surface area contributed by atoms with Gasteiger partial charge in [0.15, 0.2) is 6.10 Å². The van der Waals surface area contributed by atoms with Crippen molar-refractivity contribution in [1.82, 2.24) is 20.4 Å². The lowest BCUT2D eigenvalue weighted by molar-refractivity contribution is 0.0865. The van der Waals surface area contributed by atoms with Crippen molar-refractivity contribution < 1.29 is 9.63 Å². The maximum absolute atomic E-state index is 11.8. The Morgan fingerprint density at radius 3 is 2.92 bits per heavy atom. The van der Waals surface area contributed by atoms with E-state index in [0.29, 0.717) is 26.1 Å². The zero-order valence-corrected chi connectivity index (χ0v) is 13.6. The van der Waals surface area contributed by atoms with Gasteiger partial charge < -0.3 is 15.5 Å². The van der Waals surface area contributed by atoms with Gasteiger partial charge in [-0.15, -0.1) is 0 Å². The molecule has 2 aromatic rings. The van der Waals surface area contributed by atoms with Crippen LogP contribution in [0.25, 0.3) is 0 Å². The average molecular weight is 327 g/mol. The van der Waals surface area contributed by atoms with Crippen LogP contribution in [-0.2, 0) is 11.4 Å². The van der Waals surface area contributed by atoms with E-state index < -0.39 is 0 Å². The number of nitrogens with zero attached hydrogens (tertiary/aromatic N) is 3. The molecule has 0 radical (unpaired) electrons. The van der Waals surface area contributed by atoms with Crippen molar-refractivity contribution in [2.24, 2.45) is 5.16 Å². The molecule has 0 fully saturated rings. The number of amides is 2. The Hall–Kier alpha value is -2.83. The molecular weight excluding hydrogens is 306 g/mol. The summed E-state index contributed by atoms with van der Waals surface area (Å²) in [6, 6.07) is 9.82. The topological polar surface area (TPSA) is 80.5 Å². The highest BCUT2D eigenvalue weighted by Crippen LogP contribution is 2.16. The van der Waals surface area contributed by atoms with Crippen molar-refractivity contribution in [2.45, 2.75) is 26.0 Å². The van der Waals surface area contributed by atoms with Crippen LogP contribution < -0.4 is 10.6 Å². The molecule has 2 amide bonds. The largest absolute Gasteiger partial charge is 0.390 e. The zero-order valence-electron chi connectivity index (χ0n) is 13.6. The molecule has 7 heteroatoms. The minimum Gasteiger partial charge on any atom is -0.390 e. The Morgan fingerprint density at radius 1 is 1.33 bits per heavy atom. The fraction of sp³-hybridized carbons (Fsp3) is 0.353. The molecule has 1 unspecified atom stereocenters. The highest BCUT2D eigenvalue weighted by molar-refractivity contribution is 6.01. The van der Waals surface area contributed by atoms with Crippen molar-refractivity contribution in [2.75, 3.05) is 13.1 Å². The molecule has 1 aromatic carbocycles. The van der Waals surface area contributed by atoms with Crippen LogP contribution in [0, 0.1) is 6.92 Å². The van der Waals surface area contributed by atoms with Crippen molar-refractivity contribution >= 4 is 11.7 Å². The molecule has 7 nitrogen and oxygen atoms in total. The van der Waals surface area contributed by atoms with E-state index in [0.717, 1.165) is 11.3 Å². The quantitative estimate of drug-likeness (QED) is 0.847. The number of hydrogen-bond acceptors (Lipinski definition) is 4. The molecular formula is C17H21N5O2. The molecule has 1 aromatic heterocycles. The zero-order chi connectivity index (χ0) is 16.8. The third-order valence-corrected chi connectivity index (χ3v) is 3.79. The SMILES string of the molecule is Cc1ccc(C2=NOC(CNC(=O)NCCn3cccn3)C2)cc1. The number of aryl methyl sites for hydroxylation is 1. The normalized spacial score (nSPS) is 16.4. The summed E-state index contributed by atoms with van der Waals surface area (Å²) in [7, 11) is 0. The van der Waals surface area contributed by atoms with Crippen LogP contribution in [-0.4, -0.2) is 40.7 Å². The number of rotatable bonds is 6. The molecule has 2 N–H and O–H groups in total. The first kappa shape index (κ1) is 16.0. The predicted molar refractivity (Wildman–Crippen MR) is 90.8 cm³/mol. The van der Waals surface area contributed by atoms with E-state index in [9.17, 15) is 4.79 Å². The molecule has 0 saturated carbocycles. The Morgan fingerprint density at radius 2 is 2.17 bits per heavy atom. The second-order valence-corrected chi connectivity index (χ2v) is 5.74. The van der Waals surface area contributed by atoms with Crippen LogP contribution >= 0.6 is 0 Å². The van der Waals surface area contributed by atoms with Gasteiger partial charge in [0.25, 0.3) is 0 Å². The van der Waals surface area contributed by atoms with Crippen LogP contribution in [0.5, 0.6) is 0 Å². The van der Waals surface area contributed by atoms with E-state index in [1.165, 1.54) is 5.56 Å². The van der Waals surface area contributed by atoms with E-state index in [4.69, 9.17) is 4.84 Å². The minimum absolute atomic E-state index is 0.127. The third-order valence-electron chi connectivity index (χ3n) is 3.79. The first-order valence-corrected chi connectivity index (χ1v) is 7.99. The summed E-state index contributed by atoms with van der Waals surface area (Å²) in [5.41, 5.74) is 3.19. The van der Waals surface area contributed by atoms with E-state index in [2.05, 4.69) is 39.9 Å². The Labute approximate surface area is 140 Å². The van der Waals surface area contributed by atoms with Crippen LogP contribution in [0.3, 0.4) is 0 Å². The first-order chi connectivity index (χ1) is 11.7. The van der Waals surface area contributed by atoms with Gasteiger partial charge in [0.1, 0.15) is 0 Å². The van der Waals surface area contributed by atoms with Gasteiger partial charge in [-0.2, -0.15) is 5.10 Å². The van der Waals surface area contributed by atoms with Gasteiger partial charge in [-0.25, -0.2) is 4.79 Å². The van der Waals surface area contributed by atoms with Crippen molar-refractivity contribution in [3.63, 3.8) is 0 Å². The molecule has 0 bridgehead atoms. The monoisotopic (exact) mass is 327 g/mol. The maximum atomic E-state index is 11.8. The number of aromatic nitrogens is 2. The summed E-state index contributed by atoms with van der Waals surface area (Å²) in [5, 5.41) is 13.8. The second kappa shape index (κ2) is 7.63. The van der Waals surface area contributed by atoms with Crippen molar-refractivity contribution in [1.29, 1.82) is 0 Å². The standard InChI is InChI=1S/C17H21N5O2/c1-13-3-5-14(6-4-13)16-11-15(24-21-16)12-19-17(23)18-8-10-22-9-2-7-20-22/h2-7,9,15H,8,10-12H2,1H3,(H2,18,19,23). The lowest BCUT2D eigenvalue weighted by Gasteiger charge is -2.11. The first-order valence-electron chi connectivity index (χ1n) is 7.99. The second-order valence-electron chi connectivity index (χ2n) is 5.74. The van der Waals surface area contributed by atoms with Gasteiger partial charge in [0.05, 0.1) is 18.8 Å². The molecule has 126 valence electrons. The van der Waals surface area contributed by atoms with Crippen molar-refractivity contribution in [3.05, 3.63) is 53.9 Å². The summed E-state index contributed by atoms with van der Waals surface area (Å²) in [6.45, 7) is 3.63. The Kier molecular flexibility index (Phi) is 5.10. The fourth-order valence-corrected chi connectivity index (χ4v) is 2.44. The molecule has 0 aliphatic carbocycles. The summed E-state index contributed by atoms with van der Waals surface area (Å²) < 4.78 is 1.77. The van der Waals surface area contributed by atoms with Gasteiger partial charge in [0, 0.05) is 25.4 Å². The summed E-state index contributed by atoms with van der Waals surface area (Å²) in [6.07, 6.45) is 4.13. The van der Waals surface area contributed by atoms with Gasteiger partial charge in [-0.3, -0.25) is 4.68 Å². The number of nitrogens with one attached hydrogen (secondary N) is 2. The average Bonchev–Trinajstić information content (AvgIpc) is 3.25. The van der Waals surface area contributed by atoms with Crippen LogP contribution in [0.1, 0.15) is 17.5 Å². The Bertz CT molecular complexity index is 694. The van der Waals surface area contributed by atoms with E-state index in [1.54, 1.807) is 10.9 Å². The Balaban J connectivity index is 1.35. The van der Waals surface area contributed by atoms with E-state index >= 15 is 0 Å². The molecule has 1 aliphatic heterocycles. The molecule has 0 saturated heterocycles. The molecule has 0 spiro atoms. The number of carbonyl (C=O) groups excluding carboxylic acids is 1. The number of hydrogen-bond donors (Lipinski definition) is 2. The fourth-order valence-electron chi connectivity index (χ4n) is 2.44. The summed E-state index contributed by atoms with van der Waals surface area (Å²) in [5.74, 6) is 0. The highest BCUT2D eigenvalue weighted by Gasteiger charge is 2.22. The molecule has 2 heterocycles. The van der Waals surface area contributed by atoms with Crippen molar-refractivity contribution in [3.8, 4) is 0 Å². The minimum atomic E-state index is -0.213. The molecule has 24 heavy (non-hydrogen) atoms. The van der Waals surface area contributed by atoms with Gasteiger partial charge in [0.2, 0.25) is 0 Å². The predicted octanol–water partition coefficient (Wildman–Crippen LogP) is 1.68. The lowest BCUT2D eigenvalue weighted by Crippen LogP contribution is -2.41. The summed E-state index contributed by atoms with van der Waals surface area (Å²) >= 11 is 0. The van der Waals surface area contributed by atoms with Gasteiger partial charge in [-0.1, -0.05) is 35.0 Å². The smallest absolute Gasteiger partial charge is 0.314 e.